The maximum atomic E-state index is 12.8. The van der Waals surface area contributed by atoms with E-state index in [-0.39, 0.29) is 12.5 Å². The standard InChI is InChI=1S/C25H36N4O3/c1-5-26-24(28-17-25(4,31)22-14-18(2)32-19(22)3)27-16-20-10-9-11-21(15-20)23(30)29-12-7-6-8-13-29/h9-11,14-15,31H,5-8,12-13,16-17H2,1-4H3,(H2,26,27,28). The van der Waals surface area contributed by atoms with Crippen molar-refractivity contribution in [3.63, 3.8) is 0 Å². The fourth-order valence-electron chi connectivity index (χ4n) is 4.11. The molecule has 0 saturated carbocycles. The topological polar surface area (TPSA) is 90.1 Å². The van der Waals surface area contributed by atoms with Crippen LogP contribution in [0.3, 0.4) is 0 Å². The highest BCUT2D eigenvalue weighted by Crippen LogP contribution is 2.26. The number of likely N-dealkylation sites (tertiary alicyclic amines) is 1. The number of guanidine groups is 1. The van der Waals surface area contributed by atoms with Gasteiger partial charge in [-0.1, -0.05) is 12.1 Å². The number of nitrogens with one attached hydrogen (secondary N) is 2. The Morgan fingerprint density at radius 3 is 2.59 bits per heavy atom. The van der Waals surface area contributed by atoms with Gasteiger partial charge in [0.25, 0.3) is 5.91 Å². The SMILES string of the molecule is CCNC(=NCc1cccc(C(=O)N2CCCCC2)c1)NCC(C)(O)c1cc(C)oc1C. The van der Waals surface area contributed by atoms with Gasteiger partial charge in [0.1, 0.15) is 17.1 Å². The van der Waals surface area contributed by atoms with Crippen molar-refractivity contribution >= 4 is 11.9 Å². The van der Waals surface area contributed by atoms with Gasteiger partial charge in [0, 0.05) is 30.8 Å². The number of hydrogen-bond acceptors (Lipinski definition) is 4. The molecule has 7 heteroatoms. The highest BCUT2D eigenvalue weighted by atomic mass is 16.3. The van der Waals surface area contributed by atoms with Gasteiger partial charge in [0.15, 0.2) is 5.96 Å². The summed E-state index contributed by atoms with van der Waals surface area (Å²) in [5.74, 6) is 2.20. The summed E-state index contributed by atoms with van der Waals surface area (Å²) in [6.07, 6.45) is 3.36. The van der Waals surface area contributed by atoms with Crippen LogP contribution in [0.4, 0.5) is 0 Å². The minimum absolute atomic E-state index is 0.0994. The molecule has 0 aliphatic carbocycles. The molecule has 1 saturated heterocycles. The lowest BCUT2D eigenvalue weighted by molar-refractivity contribution is 0.0601. The van der Waals surface area contributed by atoms with Gasteiger partial charge in [-0.15, -0.1) is 0 Å². The second-order valence-electron chi connectivity index (χ2n) is 8.70. The third kappa shape index (κ3) is 6.13. The van der Waals surface area contributed by atoms with E-state index in [1.165, 1.54) is 6.42 Å². The predicted molar refractivity (Wildman–Crippen MR) is 127 cm³/mol. The van der Waals surface area contributed by atoms with Crippen molar-refractivity contribution in [2.24, 2.45) is 4.99 Å². The zero-order chi connectivity index (χ0) is 23.1. The number of carbonyl (C=O) groups is 1. The van der Waals surface area contributed by atoms with E-state index >= 15 is 0 Å². The molecule has 3 rings (SSSR count). The van der Waals surface area contributed by atoms with Gasteiger partial charge < -0.3 is 25.1 Å². The number of hydrogen-bond donors (Lipinski definition) is 3. The highest BCUT2D eigenvalue weighted by molar-refractivity contribution is 5.94. The molecule has 2 heterocycles. The highest BCUT2D eigenvalue weighted by Gasteiger charge is 2.28. The monoisotopic (exact) mass is 440 g/mol. The van der Waals surface area contributed by atoms with Gasteiger partial charge in [-0.05, 0) is 70.7 Å². The third-order valence-corrected chi connectivity index (χ3v) is 5.80. The van der Waals surface area contributed by atoms with Gasteiger partial charge in [-0.3, -0.25) is 4.79 Å². The first-order valence-corrected chi connectivity index (χ1v) is 11.5. The van der Waals surface area contributed by atoms with E-state index in [4.69, 9.17) is 4.42 Å². The van der Waals surface area contributed by atoms with E-state index < -0.39 is 5.60 Å². The first-order valence-electron chi connectivity index (χ1n) is 11.5. The molecule has 1 aromatic carbocycles. The van der Waals surface area contributed by atoms with E-state index in [1.807, 2.05) is 56.0 Å². The molecule has 1 atom stereocenters. The van der Waals surface area contributed by atoms with E-state index in [0.29, 0.717) is 30.4 Å². The summed E-state index contributed by atoms with van der Waals surface area (Å²) < 4.78 is 5.57. The van der Waals surface area contributed by atoms with Crippen LogP contribution in [0.15, 0.2) is 39.7 Å². The first kappa shape index (κ1) is 23.9. The van der Waals surface area contributed by atoms with Gasteiger partial charge in [-0.25, -0.2) is 4.99 Å². The summed E-state index contributed by atoms with van der Waals surface area (Å²) in [4.78, 5) is 19.4. The van der Waals surface area contributed by atoms with Crippen LogP contribution in [0, 0.1) is 13.8 Å². The zero-order valence-corrected chi connectivity index (χ0v) is 19.7. The Bertz CT molecular complexity index is 942. The Hall–Kier alpha value is -2.80. The number of nitrogens with zero attached hydrogens (tertiary/aromatic N) is 2. The molecule has 32 heavy (non-hydrogen) atoms. The molecule has 1 amide bonds. The number of benzene rings is 1. The molecule has 1 fully saturated rings. The molecule has 7 nitrogen and oxygen atoms in total. The van der Waals surface area contributed by atoms with Crippen LogP contribution in [0.1, 0.15) is 66.1 Å². The largest absolute Gasteiger partial charge is 0.466 e. The van der Waals surface area contributed by atoms with Crippen LogP contribution in [0.2, 0.25) is 0 Å². The Labute approximate surface area is 190 Å². The summed E-state index contributed by atoms with van der Waals surface area (Å²) in [6.45, 7) is 10.6. The number of aryl methyl sites for hydroxylation is 2. The number of carbonyl (C=O) groups excluding carboxylic acids is 1. The molecule has 0 bridgehead atoms. The fourth-order valence-corrected chi connectivity index (χ4v) is 4.11. The smallest absolute Gasteiger partial charge is 0.253 e. The van der Waals surface area contributed by atoms with E-state index in [2.05, 4.69) is 15.6 Å². The molecule has 1 aliphatic rings. The molecule has 3 N–H and O–H groups in total. The van der Waals surface area contributed by atoms with Crippen molar-refractivity contribution in [3.8, 4) is 0 Å². The maximum Gasteiger partial charge on any atom is 0.253 e. The molecule has 174 valence electrons. The molecule has 0 radical (unpaired) electrons. The quantitative estimate of drug-likeness (QED) is 0.453. The molecule has 1 unspecified atom stereocenters. The molecule has 2 aromatic rings. The number of furan rings is 1. The van der Waals surface area contributed by atoms with E-state index in [9.17, 15) is 9.90 Å². The third-order valence-electron chi connectivity index (χ3n) is 5.80. The van der Waals surface area contributed by atoms with Crippen molar-refractivity contribution in [2.75, 3.05) is 26.2 Å². The summed E-state index contributed by atoms with van der Waals surface area (Å²) in [6, 6.07) is 9.56. The van der Waals surface area contributed by atoms with Crippen LogP contribution in [-0.4, -0.2) is 48.1 Å². The summed E-state index contributed by atoms with van der Waals surface area (Å²) in [5.41, 5.74) is 1.35. The van der Waals surface area contributed by atoms with Gasteiger partial charge in [0.05, 0.1) is 13.1 Å². The van der Waals surface area contributed by atoms with Crippen molar-refractivity contribution in [2.45, 2.75) is 59.1 Å². The lowest BCUT2D eigenvalue weighted by atomic mass is 9.96. The minimum atomic E-state index is -1.10. The Morgan fingerprint density at radius 2 is 1.94 bits per heavy atom. The molecular formula is C25H36N4O3. The van der Waals surface area contributed by atoms with Crippen LogP contribution >= 0.6 is 0 Å². The average molecular weight is 441 g/mol. The van der Waals surface area contributed by atoms with Crippen molar-refractivity contribution < 1.29 is 14.3 Å². The van der Waals surface area contributed by atoms with E-state index in [0.717, 1.165) is 42.8 Å². The Balaban J connectivity index is 1.66. The maximum absolute atomic E-state index is 12.8. The second-order valence-corrected chi connectivity index (χ2v) is 8.70. The second kappa shape index (κ2) is 10.7. The van der Waals surface area contributed by atoms with Crippen LogP contribution in [0.25, 0.3) is 0 Å². The molecular weight excluding hydrogens is 404 g/mol. The Morgan fingerprint density at radius 1 is 1.19 bits per heavy atom. The van der Waals surface area contributed by atoms with Crippen molar-refractivity contribution in [1.29, 1.82) is 0 Å². The minimum Gasteiger partial charge on any atom is -0.466 e. The van der Waals surface area contributed by atoms with Crippen molar-refractivity contribution in [1.82, 2.24) is 15.5 Å². The summed E-state index contributed by atoms with van der Waals surface area (Å²) >= 11 is 0. The van der Waals surface area contributed by atoms with E-state index in [1.54, 1.807) is 6.92 Å². The summed E-state index contributed by atoms with van der Waals surface area (Å²) in [5, 5.41) is 17.4. The normalized spacial score (nSPS) is 16.5. The average Bonchev–Trinajstić information content (AvgIpc) is 3.15. The lowest BCUT2D eigenvalue weighted by Gasteiger charge is -2.26. The molecule has 1 aliphatic heterocycles. The number of aliphatic imine (C=N–C) groups is 1. The number of amides is 1. The Kier molecular flexibility index (Phi) is 7.96. The van der Waals surface area contributed by atoms with Crippen LogP contribution < -0.4 is 10.6 Å². The van der Waals surface area contributed by atoms with Gasteiger partial charge >= 0.3 is 0 Å². The van der Waals surface area contributed by atoms with Gasteiger partial charge in [-0.2, -0.15) is 0 Å². The molecule has 0 spiro atoms. The first-order chi connectivity index (χ1) is 15.3. The fraction of sp³-hybridized carbons (Fsp3) is 0.520. The zero-order valence-electron chi connectivity index (χ0n) is 19.7. The predicted octanol–water partition coefficient (Wildman–Crippen LogP) is 3.49. The lowest BCUT2D eigenvalue weighted by Crippen LogP contribution is -2.44. The molecule has 1 aromatic heterocycles. The number of piperidine rings is 1. The van der Waals surface area contributed by atoms with Crippen LogP contribution in [-0.2, 0) is 12.1 Å². The number of aliphatic hydroxyl groups is 1. The van der Waals surface area contributed by atoms with Gasteiger partial charge in [0.2, 0.25) is 0 Å². The van der Waals surface area contributed by atoms with Crippen molar-refractivity contribution in [3.05, 3.63) is 58.5 Å². The number of rotatable bonds is 7. The summed E-state index contributed by atoms with van der Waals surface area (Å²) in [7, 11) is 0. The van der Waals surface area contributed by atoms with Crippen LogP contribution in [0.5, 0.6) is 0 Å².